The average molecular weight is 277 g/mol. The van der Waals surface area contributed by atoms with Gasteiger partial charge in [0, 0.05) is 38.2 Å². The number of carbonyl (C=O) groups is 1. The van der Waals surface area contributed by atoms with E-state index in [-0.39, 0.29) is 5.91 Å². The first-order chi connectivity index (χ1) is 9.71. The Morgan fingerprint density at radius 3 is 2.65 bits per heavy atom. The molecule has 2 heterocycles. The summed E-state index contributed by atoms with van der Waals surface area (Å²) in [5.74, 6) is 0.939. The Kier molecular flexibility index (Phi) is 4.89. The number of aromatic nitrogens is 2. The summed E-state index contributed by atoms with van der Waals surface area (Å²) in [6.07, 6.45) is 2.26. The Bertz CT molecular complexity index is 489. The van der Waals surface area contributed by atoms with Crippen LogP contribution >= 0.6 is 0 Å². The van der Waals surface area contributed by atoms with Crippen LogP contribution in [0.25, 0.3) is 0 Å². The van der Waals surface area contributed by atoms with Crippen molar-refractivity contribution in [2.45, 2.75) is 39.7 Å². The van der Waals surface area contributed by atoms with Crippen LogP contribution in [0.5, 0.6) is 0 Å². The quantitative estimate of drug-likeness (QED) is 0.831. The molecule has 1 aromatic heterocycles. The van der Waals surface area contributed by atoms with Crippen LogP contribution in [0.15, 0.2) is 0 Å². The highest BCUT2D eigenvalue weighted by Crippen LogP contribution is 2.24. The van der Waals surface area contributed by atoms with Crippen molar-refractivity contribution in [2.75, 3.05) is 24.5 Å². The van der Waals surface area contributed by atoms with E-state index >= 15 is 0 Å². The van der Waals surface area contributed by atoms with E-state index in [2.05, 4.69) is 34.3 Å². The van der Waals surface area contributed by atoms with Gasteiger partial charge in [-0.1, -0.05) is 13.8 Å². The van der Waals surface area contributed by atoms with Crippen LogP contribution in [0, 0.1) is 0 Å². The fourth-order valence-corrected chi connectivity index (χ4v) is 2.69. The largest absolute Gasteiger partial charge is 0.354 e. The molecule has 1 aliphatic heterocycles. The zero-order valence-electron chi connectivity index (χ0n) is 12.3. The molecule has 0 saturated carbocycles. The van der Waals surface area contributed by atoms with Crippen LogP contribution in [0.2, 0.25) is 0 Å². The van der Waals surface area contributed by atoms with E-state index in [0.29, 0.717) is 26.1 Å². The molecule has 2 rings (SSSR count). The molecule has 0 bridgehead atoms. The molecule has 6 heteroatoms. The fraction of sp³-hybridized carbons (Fsp3) is 0.643. The number of nitrogens with zero attached hydrogens (tertiary/aromatic N) is 3. The van der Waals surface area contributed by atoms with Gasteiger partial charge in [-0.25, -0.2) is 0 Å². The van der Waals surface area contributed by atoms with E-state index in [1.165, 1.54) is 5.56 Å². The van der Waals surface area contributed by atoms with E-state index in [4.69, 9.17) is 5.73 Å². The lowest BCUT2D eigenvalue weighted by atomic mass is 10.0. The molecular weight excluding hydrogens is 254 g/mol. The molecule has 1 amide bonds. The summed E-state index contributed by atoms with van der Waals surface area (Å²) in [7, 11) is 0. The van der Waals surface area contributed by atoms with E-state index in [1.54, 1.807) is 0 Å². The molecule has 0 atom stereocenters. The van der Waals surface area contributed by atoms with Crippen LogP contribution in [-0.2, 0) is 24.2 Å². The van der Waals surface area contributed by atoms with Crippen molar-refractivity contribution in [3.8, 4) is 0 Å². The number of rotatable bonds is 4. The molecule has 0 radical (unpaired) electrons. The number of hydrogen-bond acceptors (Lipinski definition) is 5. The van der Waals surface area contributed by atoms with Crippen molar-refractivity contribution in [1.82, 2.24) is 15.5 Å². The van der Waals surface area contributed by atoms with Crippen molar-refractivity contribution in [2.24, 2.45) is 5.73 Å². The van der Waals surface area contributed by atoms with Gasteiger partial charge in [0.1, 0.15) is 0 Å². The predicted octanol–water partition coefficient (Wildman–Crippen LogP) is 0.386. The normalized spacial score (nSPS) is 15.9. The molecule has 0 aliphatic carbocycles. The van der Waals surface area contributed by atoms with Gasteiger partial charge in [0.05, 0.1) is 5.69 Å². The highest BCUT2D eigenvalue weighted by Gasteiger charge is 2.20. The molecule has 20 heavy (non-hydrogen) atoms. The lowest BCUT2D eigenvalue weighted by Gasteiger charge is -2.24. The first-order valence-electron chi connectivity index (χ1n) is 7.30. The molecular formula is C14H23N5O. The minimum Gasteiger partial charge on any atom is -0.354 e. The highest BCUT2D eigenvalue weighted by atomic mass is 16.1. The molecule has 1 fully saturated rings. The first kappa shape index (κ1) is 14.7. The lowest BCUT2D eigenvalue weighted by molar-refractivity contribution is -0.120. The maximum Gasteiger partial charge on any atom is 0.221 e. The third kappa shape index (κ3) is 2.90. The maximum atomic E-state index is 11.4. The van der Waals surface area contributed by atoms with Crippen molar-refractivity contribution in [1.29, 1.82) is 0 Å². The number of carbonyl (C=O) groups excluding carboxylic acids is 1. The van der Waals surface area contributed by atoms with Gasteiger partial charge >= 0.3 is 0 Å². The molecule has 6 nitrogen and oxygen atoms in total. The summed E-state index contributed by atoms with van der Waals surface area (Å²) in [5, 5.41) is 11.6. The van der Waals surface area contributed by atoms with E-state index < -0.39 is 0 Å². The van der Waals surface area contributed by atoms with Crippen LogP contribution in [0.3, 0.4) is 0 Å². The number of anilines is 1. The maximum absolute atomic E-state index is 11.4. The summed E-state index contributed by atoms with van der Waals surface area (Å²) in [6.45, 7) is 6.72. The molecule has 110 valence electrons. The number of amides is 1. The van der Waals surface area contributed by atoms with Gasteiger partial charge in [-0.2, -0.15) is 5.10 Å². The smallest absolute Gasteiger partial charge is 0.221 e. The van der Waals surface area contributed by atoms with Crippen LogP contribution < -0.4 is 16.0 Å². The van der Waals surface area contributed by atoms with Crippen molar-refractivity contribution in [3.05, 3.63) is 16.8 Å². The second-order valence-corrected chi connectivity index (χ2v) is 4.93. The number of nitrogens with two attached hydrogens (primary N) is 1. The van der Waals surface area contributed by atoms with Gasteiger partial charge in [0.15, 0.2) is 5.82 Å². The lowest BCUT2D eigenvalue weighted by Crippen LogP contribution is -2.31. The highest BCUT2D eigenvalue weighted by molar-refractivity contribution is 5.77. The predicted molar refractivity (Wildman–Crippen MR) is 78.5 cm³/mol. The molecule has 1 saturated heterocycles. The summed E-state index contributed by atoms with van der Waals surface area (Å²) in [6, 6.07) is 0. The average Bonchev–Trinajstić information content (AvgIpc) is 2.70. The Hall–Kier alpha value is -1.69. The third-order valence-corrected chi connectivity index (χ3v) is 3.75. The standard InChI is InChI=1S/C14H23N5O/c1-3-10-11(9-15)14(18-17-12(10)4-2)19-7-5-13(20)16-6-8-19/h3-9,15H2,1-2H3,(H,16,20). The van der Waals surface area contributed by atoms with Crippen LogP contribution in [0.4, 0.5) is 5.82 Å². The Balaban J connectivity index is 2.37. The molecule has 0 aromatic carbocycles. The van der Waals surface area contributed by atoms with Gasteiger partial charge in [-0.3, -0.25) is 4.79 Å². The monoisotopic (exact) mass is 277 g/mol. The minimum atomic E-state index is 0.0932. The van der Waals surface area contributed by atoms with Gasteiger partial charge < -0.3 is 16.0 Å². The fourth-order valence-electron chi connectivity index (χ4n) is 2.69. The van der Waals surface area contributed by atoms with Crippen molar-refractivity contribution < 1.29 is 4.79 Å². The summed E-state index contributed by atoms with van der Waals surface area (Å²) in [4.78, 5) is 13.6. The second-order valence-electron chi connectivity index (χ2n) is 4.93. The number of nitrogens with one attached hydrogen (secondary N) is 1. The Labute approximate surface area is 119 Å². The summed E-state index contributed by atoms with van der Waals surface area (Å²) >= 11 is 0. The van der Waals surface area contributed by atoms with E-state index in [9.17, 15) is 4.79 Å². The second kappa shape index (κ2) is 6.65. The molecule has 0 unspecified atom stereocenters. The molecule has 1 aliphatic rings. The van der Waals surface area contributed by atoms with Gasteiger partial charge in [0.2, 0.25) is 5.91 Å². The number of aryl methyl sites for hydroxylation is 1. The topological polar surface area (TPSA) is 84.1 Å². The van der Waals surface area contributed by atoms with Gasteiger partial charge in [0.25, 0.3) is 0 Å². The minimum absolute atomic E-state index is 0.0932. The zero-order chi connectivity index (χ0) is 14.5. The molecule has 1 aromatic rings. The SMILES string of the molecule is CCc1nnc(N2CCNC(=O)CC2)c(CN)c1CC. The van der Waals surface area contributed by atoms with E-state index in [1.807, 2.05) is 0 Å². The first-order valence-corrected chi connectivity index (χ1v) is 7.30. The summed E-state index contributed by atoms with van der Waals surface area (Å²) < 4.78 is 0. The number of hydrogen-bond donors (Lipinski definition) is 2. The van der Waals surface area contributed by atoms with Crippen LogP contribution in [0.1, 0.15) is 37.1 Å². The molecule has 3 N–H and O–H groups in total. The van der Waals surface area contributed by atoms with E-state index in [0.717, 1.165) is 36.5 Å². The van der Waals surface area contributed by atoms with Crippen molar-refractivity contribution in [3.63, 3.8) is 0 Å². The zero-order valence-corrected chi connectivity index (χ0v) is 12.3. The van der Waals surface area contributed by atoms with Crippen LogP contribution in [-0.4, -0.2) is 35.7 Å². The Morgan fingerprint density at radius 1 is 1.20 bits per heavy atom. The van der Waals surface area contributed by atoms with Gasteiger partial charge in [-0.15, -0.1) is 5.10 Å². The third-order valence-electron chi connectivity index (χ3n) is 3.75. The van der Waals surface area contributed by atoms with Gasteiger partial charge in [-0.05, 0) is 18.4 Å². The molecule has 0 spiro atoms. The summed E-state index contributed by atoms with van der Waals surface area (Å²) in [5.41, 5.74) is 9.26. The Morgan fingerprint density at radius 2 is 2.00 bits per heavy atom. The van der Waals surface area contributed by atoms with Crippen molar-refractivity contribution >= 4 is 11.7 Å².